The molecule has 3 atom stereocenters. The number of dihydropyridines is 1. The first kappa shape index (κ1) is 31.0. The van der Waals surface area contributed by atoms with Crippen LogP contribution in [0.5, 0.6) is 5.75 Å². The Morgan fingerprint density at radius 3 is 2.37 bits per heavy atom. The van der Waals surface area contributed by atoms with Gasteiger partial charge in [-0.25, -0.2) is 15.0 Å². The van der Waals surface area contributed by atoms with Gasteiger partial charge in [0.05, 0.1) is 36.1 Å². The molecule has 2 aliphatic heterocycles. The average Bonchev–Trinajstić information content (AvgIpc) is 2.97. The van der Waals surface area contributed by atoms with Gasteiger partial charge < -0.3 is 24.8 Å². The highest BCUT2D eigenvalue weighted by atomic mass is 35.5. The van der Waals surface area contributed by atoms with Gasteiger partial charge in [-0.3, -0.25) is 9.59 Å². The van der Waals surface area contributed by atoms with Crippen molar-refractivity contribution in [3.63, 3.8) is 0 Å². The lowest BCUT2D eigenvalue weighted by atomic mass is 9.80. The van der Waals surface area contributed by atoms with Crippen molar-refractivity contribution in [1.82, 2.24) is 16.1 Å². The van der Waals surface area contributed by atoms with E-state index < -0.39 is 24.1 Å². The van der Waals surface area contributed by atoms with Crippen LogP contribution in [0.1, 0.15) is 44.2 Å². The monoisotopic (exact) mass is 606 g/mol. The zero-order valence-corrected chi connectivity index (χ0v) is 24.7. The van der Waals surface area contributed by atoms with Crippen LogP contribution in [0.3, 0.4) is 0 Å². The molecule has 12 heteroatoms. The van der Waals surface area contributed by atoms with E-state index in [1.165, 1.54) is 19.4 Å². The molecule has 2 heterocycles. The second-order valence-electron chi connectivity index (χ2n) is 9.87. The van der Waals surface area contributed by atoms with Gasteiger partial charge in [-0.05, 0) is 55.3 Å². The number of nitrogens with zero attached hydrogens (tertiary/aromatic N) is 1. The molecule has 2 amide bonds. The zero-order chi connectivity index (χ0) is 31.1. The number of rotatable bonds is 10. The van der Waals surface area contributed by atoms with E-state index in [1.54, 1.807) is 50.2 Å². The summed E-state index contributed by atoms with van der Waals surface area (Å²) in [4.78, 5) is 49.3. The van der Waals surface area contributed by atoms with Gasteiger partial charge in [0.25, 0.3) is 0 Å². The normalized spacial score (nSPS) is 19.2. The van der Waals surface area contributed by atoms with E-state index in [1.807, 2.05) is 19.1 Å². The number of esters is 2. The van der Waals surface area contributed by atoms with Crippen LogP contribution >= 0.6 is 11.6 Å². The van der Waals surface area contributed by atoms with Gasteiger partial charge in [0, 0.05) is 34.8 Å². The smallest absolute Gasteiger partial charge is 0.338 e. The molecule has 0 radical (unpaired) electrons. The van der Waals surface area contributed by atoms with Crippen LogP contribution in [-0.2, 0) is 28.7 Å². The summed E-state index contributed by atoms with van der Waals surface area (Å²) in [6.07, 6.45) is 2.17. The van der Waals surface area contributed by atoms with E-state index in [0.29, 0.717) is 40.6 Å². The van der Waals surface area contributed by atoms with Crippen molar-refractivity contribution in [3.05, 3.63) is 99.6 Å². The third kappa shape index (κ3) is 7.12. The highest BCUT2D eigenvalue weighted by Crippen LogP contribution is 2.41. The SMILES string of the molecule is COC(=O)C1=C(C)NC(C)=C(C(=O)OC(C=COc2ccc(C3=NNC(=O)CC3C)cc2)NC=O)C1c1ccccc1Cl. The summed E-state index contributed by atoms with van der Waals surface area (Å²) < 4.78 is 16.3. The molecule has 0 saturated carbocycles. The molecule has 0 spiro atoms. The Morgan fingerprint density at radius 1 is 1.07 bits per heavy atom. The number of ether oxygens (including phenoxy) is 3. The van der Waals surface area contributed by atoms with E-state index in [0.717, 1.165) is 11.3 Å². The van der Waals surface area contributed by atoms with E-state index in [9.17, 15) is 19.2 Å². The fourth-order valence-corrected chi connectivity index (χ4v) is 5.18. The Labute approximate surface area is 253 Å². The van der Waals surface area contributed by atoms with Gasteiger partial charge in [0.2, 0.25) is 12.3 Å². The molecular weight excluding hydrogens is 576 g/mol. The predicted molar refractivity (Wildman–Crippen MR) is 158 cm³/mol. The number of hydrogen-bond donors (Lipinski definition) is 3. The second-order valence-corrected chi connectivity index (χ2v) is 10.3. The maximum Gasteiger partial charge on any atom is 0.338 e. The van der Waals surface area contributed by atoms with E-state index in [-0.39, 0.29) is 23.0 Å². The largest absolute Gasteiger partial charge is 0.466 e. The van der Waals surface area contributed by atoms with Gasteiger partial charge >= 0.3 is 11.9 Å². The molecule has 3 N–H and O–H groups in total. The lowest BCUT2D eigenvalue weighted by molar-refractivity contribution is -0.144. The predicted octanol–water partition coefficient (Wildman–Crippen LogP) is 3.82. The van der Waals surface area contributed by atoms with Gasteiger partial charge in [0.15, 0.2) is 6.23 Å². The van der Waals surface area contributed by atoms with Crippen LogP contribution in [-0.4, -0.2) is 43.3 Å². The quantitative estimate of drug-likeness (QED) is 0.160. The Hall–Kier alpha value is -4.90. The van der Waals surface area contributed by atoms with Crippen LogP contribution in [0.25, 0.3) is 0 Å². The molecule has 2 aliphatic rings. The van der Waals surface area contributed by atoms with Crippen molar-refractivity contribution in [2.45, 2.75) is 39.3 Å². The van der Waals surface area contributed by atoms with Crippen molar-refractivity contribution in [1.29, 1.82) is 0 Å². The number of methoxy groups -OCH3 is 1. The first-order chi connectivity index (χ1) is 20.6. The molecule has 0 bridgehead atoms. The first-order valence-corrected chi connectivity index (χ1v) is 13.7. The third-order valence-corrected chi connectivity index (χ3v) is 7.28. The molecule has 2 aromatic rings. The highest BCUT2D eigenvalue weighted by molar-refractivity contribution is 6.31. The number of nitrogens with one attached hydrogen (secondary N) is 3. The number of benzene rings is 2. The number of amides is 2. The van der Waals surface area contributed by atoms with Gasteiger partial charge in [-0.2, -0.15) is 5.10 Å². The van der Waals surface area contributed by atoms with Crippen molar-refractivity contribution in [2.75, 3.05) is 7.11 Å². The standard InChI is InChI=1S/C31H31ClN4O7/c1-17-15-24(38)35-36-29(17)20-9-11-21(12-10-20)42-14-13-25(33-16-37)43-31(40)27-19(3)34-18(2)26(30(39)41-4)28(27)22-7-5-6-8-23(22)32/h5-14,16-17,25,28,34H,15H2,1-4H3,(H,33,37)(H,35,38). The van der Waals surface area contributed by atoms with E-state index in [4.69, 9.17) is 25.8 Å². The summed E-state index contributed by atoms with van der Waals surface area (Å²) in [6, 6.07) is 13.9. The summed E-state index contributed by atoms with van der Waals surface area (Å²) >= 11 is 6.51. The Kier molecular flexibility index (Phi) is 9.99. The van der Waals surface area contributed by atoms with Crippen LogP contribution in [0, 0.1) is 5.92 Å². The summed E-state index contributed by atoms with van der Waals surface area (Å²) in [6.45, 7) is 5.31. The fourth-order valence-electron chi connectivity index (χ4n) is 4.94. The molecule has 43 heavy (non-hydrogen) atoms. The molecule has 0 aliphatic carbocycles. The highest BCUT2D eigenvalue weighted by Gasteiger charge is 2.39. The average molecular weight is 607 g/mol. The van der Waals surface area contributed by atoms with E-state index >= 15 is 0 Å². The van der Waals surface area contributed by atoms with Crippen molar-refractivity contribution in [2.24, 2.45) is 11.0 Å². The van der Waals surface area contributed by atoms with Crippen molar-refractivity contribution < 1.29 is 33.4 Å². The van der Waals surface area contributed by atoms with Crippen LogP contribution < -0.4 is 20.8 Å². The Bertz CT molecular complexity index is 1550. The maximum atomic E-state index is 13.6. The fraction of sp³-hybridized carbons (Fsp3) is 0.258. The summed E-state index contributed by atoms with van der Waals surface area (Å²) in [5.74, 6) is -2.00. The second kappa shape index (κ2) is 13.8. The van der Waals surface area contributed by atoms with Gasteiger partial charge in [0.1, 0.15) is 5.75 Å². The number of hydrazone groups is 1. The topological polar surface area (TPSA) is 144 Å². The minimum absolute atomic E-state index is 0.0241. The molecule has 2 aromatic carbocycles. The summed E-state index contributed by atoms with van der Waals surface area (Å²) in [5.41, 5.74) is 5.88. The Balaban J connectivity index is 1.52. The van der Waals surface area contributed by atoms with Gasteiger partial charge in [-0.15, -0.1) is 0 Å². The maximum absolute atomic E-state index is 13.6. The third-order valence-electron chi connectivity index (χ3n) is 6.94. The summed E-state index contributed by atoms with van der Waals surface area (Å²) in [5, 5.41) is 9.97. The van der Waals surface area contributed by atoms with E-state index in [2.05, 4.69) is 21.2 Å². The lowest BCUT2D eigenvalue weighted by Crippen LogP contribution is -2.36. The number of halogens is 1. The molecule has 0 aromatic heterocycles. The molecule has 11 nitrogen and oxygen atoms in total. The number of hydrogen-bond acceptors (Lipinski definition) is 9. The molecule has 0 fully saturated rings. The molecule has 4 rings (SSSR count). The molecule has 0 saturated heterocycles. The summed E-state index contributed by atoms with van der Waals surface area (Å²) in [7, 11) is 1.25. The minimum Gasteiger partial charge on any atom is -0.466 e. The number of allylic oxidation sites excluding steroid dienone is 2. The van der Waals surface area contributed by atoms with Gasteiger partial charge in [-0.1, -0.05) is 36.7 Å². The first-order valence-electron chi connectivity index (χ1n) is 13.4. The number of carbonyl (C=O) groups excluding carboxylic acids is 4. The molecular formula is C31H31ClN4O7. The zero-order valence-electron chi connectivity index (χ0n) is 24.0. The van der Waals surface area contributed by atoms with Crippen LogP contribution in [0.4, 0.5) is 0 Å². The van der Waals surface area contributed by atoms with Crippen LogP contribution in [0.2, 0.25) is 5.02 Å². The number of carbonyl (C=O) groups is 4. The van der Waals surface area contributed by atoms with Crippen molar-refractivity contribution >= 4 is 41.6 Å². The Morgan fingerprint density at radius 2 is 1.74 bits per heavy atom. The lowest BCUT2D eigenvalue weighted by Gasteiger charge is -2.31. The minimum atomic E-state index is -1.20. The van der Waals surface area contributed by atoms with Crippen molar-refractivity contribution in [3.8, 4) is 5.75 Å². The molecule has 3 unspecified atom stereocenters. The molecule has 224 valence electrons. The van der Waals surface area contributed by atoms with Crippen LogP contribution in [0.15, 0.2) is 88.5 Å².